The van der Waals surface area contributed by atoms with Gasteiger partial charge in [-0.25, -0.2) is 8.42 Å². The molecule has 116 valence electrons. The third kappa shape index (κ3) is 5.43. The maximum atomic E-state index is 12.0. The van der Waals surface area contributed by atoms with E-state index < -0.39 is 22.0 Å². The summed E-state index contributed by atoms with van der Waals surface area (Å²) in [6.07, 6.45) is 0.305. The third-order valence-electron chi connectivity index (χ3n) is 3.09. The van der Waals surface area contributed by atoms with E-state index in [-0.39, 0.29) is 38.2 Å². The van der Waals surface area contributed by atoms with Crippen molar-refractivity contribution in [3.05, 3.63) is 0 Å². The Kier molecular flexibility index (Phi) is 6.37. The molecule has 9 heteroatoms. The summed E-state index contributed by atoms with van der Waals surface area (Å²) >= 11 is 0. The van der Waals surface area contributed by atoms with Gasteiger partial charge in [-0.15, -0.1) is 0 Å². The van der Waals surface area contributed by atoms with Crippen LogP contribution in [0, 0.1) is 0 Å². The standard InChI is InChI=1S/C11H20N2O6S/c1-19-11(16)3-2-8-20(17,18)13-6-4-12(5-7-13)9-10(14)15/h2-9H2,1H3,(H,14,15). The summed E-state index contributed by atoms with van der Waals surface area (Å²) in [4.78, 5) is 23.2. The van der Waals surface area contributed by atoms with E-state index in [4.69, 9.17) is 5.11 Å². The second-order valence-corrected chi connectivity index (χ2v) is 6.65. The topological polar surface area (TPSA) is 104 Å². The minimum Gasteiger partial charge on any atom is -0.480 e. The highest BCUT2D eigenvalue weighted by molar-refractivity contribution is 7.89. The maximum Gasteiger partial charge on any atom is 0.317 e. The first kappa shape index (κ1) is 16.9. The smallest absolute Gasteiger partial charge is 0.317 e. The number of esters is 1. The number of carbonyl (C=O) groups excluding carboxylic acids is 1. The number of carboxylic acid groups (broad SMARTS) is 1. The molecule has 1 fully saturated rings. The van der Waals surface area contributed by atoms with E-state index in [1.54, 1.807) is 4.90 Å². The van der Waals surface area contributed by atoms with E-state index in [9.17, 15) is 18.0 Å². The van der Waals surface area contributed by atoms with Crippen LogP contribution >= 0.6 is 0 Å². The van der Waals surface area contributed by atoms with Crippen LogP contribution in [0.4, 0.5) is 0 Å². The molecule has 0 aromatic rings. The summed E-state index contributed by atoms with van der Waals surface area (Å²) in [5, 5.41) is 8.67. The van der Waals surface area contributed by atoms with Crippen LogP contribution in [0.5, 0.6) is 0 Å². The van der Waals surface area contributed by atoms with E-state index in [1.165, 1.54) is 11.4 Å². The normalized spacial score (nSPS) is 17.9. The zero-order valence-electron chi connectivity index (χ0n) is 11.4. The first-order valence-corrected chi connectivity index (χ1v) is 7.95. The molecule has 0 unspecified atom stereocenters. The average Bonchev–Trinajstić information content (AvgIpc) is 2.38. The molecule has 1 aliphatic rings. The lowest BCUT2D eigenvalue weighted by molar-refractivity contribution is -0.140. The lowest BCUT2D eigenvalue weighted by Gasteiger charge is -2.32. The molecule has 8 nitrogen and oxygen atoms in total. The Hall–Kier alpha value is -1.19. The fraction of sp³-hybridized carbons (Fsp3) is 0.818. The molecule has 1 heterocycles. The Morgan fingerprint density at radius 2 is 1.80 bits per heavy atom. The predicted octanol–water partition coefficient (Wildman–Crippen LogP) is -1.03. The van der Waals surface area contributed by atoms with Gasteiger partial charge in [-0.2, -0.15) is 4.31 Å². The van der Waals surface area contributed by atoms with Crippen LogP contribution < -0.4 is 0 Å². The predicted molar refractivity (Wildman–Crippen MR) is 70.7 cm³/mol. The molecule has 1 aliphatic heterocycles. The van der Waals surface area contributed by atoms with Crippen molar-refractivity contribution in [1.82, 2.24) is 9.21 Å². The zero-order chi connectivity index (χ0) is 15.2. The van der Waals surface area contributed by atoms with Crippen molar-refractivity contribution >= 4 is 22.0 Å². The Morgan fingerprint density at radius 3 is 2.30 bits per heavy atom. The van der Waals surface area contributed by atoms with E-state index in [0.717, 1.165) is 0 Å². The minimum absolute atomic E-state index is 0.0732. The molecule has 1 saturated heterocycles. The Morgan fingerprint density at radius 1 is 1.20 bits per heavy atom. The second kappa shape index (κ2) is 7.55. The number of rotatable bonds is 7. The number of carboxylic acids is 1. The summed E-state index contributed by atoms with van der Waals surface area (Å²) in [7, 11) is -2.13. The van der Waals surface area contributed by atoms with Gasteiger partial charge in [0.2, 0.25) is 10.0 Å². The van der Waals surface area contributed by atoms with E-state index in [2.05, 4.69) is 4.74 Å². The SMILES string of the molecule is COC(=O)CCCS(=O)(=O)N1CCN(CC(=O)O)CC1. The number of hydrogen-bond donors (Lipinski definition) is 1. The fourth-order valence-electron chi connectivity index (χ4n) is 1.99. The van der Waals surface area contributed by atoms with Gasteiger partial charge in [0.05, 0.1) is 19.4 Å². The summed E-state index contributed by atoms with van der Waals surface area (Å²) in [6, 6.07) is 0. The molecule has 0 atom stereocenters. The van der Waals surface area contributed by atoms with Crippen molar-refractivity contribution in [3.8, 4) is 0 Å². The lowest BCUT2D eigenvalue weighted by atomic mass is 10.3. The summed E-state index contributed by atoms with van der Waals surface area (Å²) in [6.45, 7) is 1.31. The highest BCUT2D eigenvalue weighted by Crippen LogP contribution is 2.10. The zero-order valence-corrected chi connectivity index (χ0v) is 12.3. The number of hydrogen-bond acceptors (Lipinski definition) is 6. The number of ether oxygens (including phenoxy) is 1. The van der Waals surface area contributed by atoms with Gasteiger partial charge in [0.1, 0.15) is 0 Å². The second-order valence-electron chi connectivity index (χ2n) is 4.56. The highest BCUT2D eigenvalue weighted by Gasteiger charge is 2.27. The van der Waals surface area contributed by atoms with Gasteiger partial charge in [0, 0.05) is 32.6 Å². The number of sulfonamides is 1. The summed E-state index contributed by atoms with van der Waals surface area (Å²) in [5.74, 6) is -1.44. The van der Waals surface area contributed by atoms with Crippen molar-refractivity contribution in [3.63, 3.8) is 0 Å². The van der Waals surface area contributed by atoms with Crippen molar-refractivity contribution < 1.29 is 27.9 Å². The van der Waals surface area contributed by atoms with Gasteiger partial charge >= 0.3 is 11.9 Å². The first-order valence-electron chi connectivity index (χ1n) is 6.34. The molecule has 0 bridgehead atoms. The van der Waals surface area contributed by atoms with Gasteiger partial charge in [-0.3, -0.25) is 14.5 Å². The molecule has 0 radical (unpaired) electrons. The lowest BCUT2D eigenvalue weighted by Crippen LogP contribution is -2.50. The van der Waals surface area contributed by atoms with Crippen LogP contribution in [0.3, 0.4) is 0 Å². The monoisotopic (exact) mass is 308 g/mol. The molecule has 20 heavy (non-hydrogen) atoms. The number of carbonyl (C=O) groups is 2. The van der Waals surface area contributed by atoms with Gasteiger partial charge in [0.25, 0.3) is 0 Å². The molecule has 0 spiro atoms. The van der Waals surface area contributed by atoms with Crippen LogP contribution in [-0.2, 0) is 24.3 Å². The molecule has 1 rings (SSSR count). The van der Waals surface area contributed by atoms with Gasteiger partial charge in [-0.1, -0.05) is 0 Å². The molecule has 1 N–H and O–H groups in total. The Balaban J connectivity index is 2.38. The van der Waals surface area contributed by atoms with E-state index in [0.29, 0.717) is 13.1 Å². The van der Waals surface area contributed by atoms with Gasteiger partial charge in [0.15, 0.2) is 0 Å². The quantitative estimate of drug-likeness (QED) is 0.600. The van der Waals surface area contributed by atoms with Crippen LogP contribution in [0.15, 0.2) is 0 Å². The van der Waals surface area contributed by atoms with Crippen LogP contribution in [0.1, 0.15) is 12.8 Å². The van der Waals surface area contributed by atoms with Crippen molar-refractivity contribution in [1.29, 1.82) is 0 Å². The third-order valence-corrected chi connectivity index (χ3v) is 5.05. The number of nitrogens with zero attached hydrogens (tertiary/aromatic N) is 2. The number of aliphatic carboxylic acids is 1. The van der Waals surface area contributed by atoms with Crippen molar-refractivity contribution in [2.75, 3.05) is 45.6 Å². The van der Waals surface area contributed by atoms with Crippen LogP contribution in [0.25, 0.3) is 0 Å². The largest absolute Gasteiger partial charge is 0.480 e. The van der Waals surface area contributed by atoms with Crippen molar-refractivity contribution in [2.24, 2.45) is 0 Å². The number of piperazine rings is 1. The summed E-state index contributed by atoms with van der Waals surface area (Å²) in [5.41, 5.74) is 0. The minimum atomic E-state index is -3.39. The van der Waals surface area contributed by atoms with Crippen LogP contribution in [-0.4, -0.2) is 80.3 Å². The van der Waals surface area contributed by atoms with Crippen molar-refractivity contribution in [2.45, 2.75) is 12.8 Å². The first-order chi connectivity index (χ1) is 9.35. The summed E-state index contributed by atoms with van der Waals surface area (Å²) < 4.78 is 29.8. The Labute approximate surface area is 118 Å². The fourth-order valence-corrected chi connectivity index (χ4v) is 3.47. The molecule has 0 aromatic carbocycles. The highest BCUT2D eigenvalue weighted by atomic mass is 32.2. The molecule has 0 saturated carbocycles. The molecule has 0 amide bonds. The van der Waals surface area contributed by atoms with Crippen LogP contribution in [0.2, 0.25) is 0 Å². The van der Waals surface area contributed by atoms with E-state index in [1.807, 2.05) is 0 Å². The number of methoxy groups -OCH3 is 1. The van der Waals surface area contributed by atoms with Gasteiger partial charge in [-0.05, 0) is 6.42 Å². The average molecular weight is 308 g/mol. The molecular weight excluding hydrogens is 288 g/mol. The maximum absolute atomic E-state index is 12.0. The van der Waals surface area contributed by atoms with E-state index >= 15 is 0 Å². The molecular formula is C11H20N2O6S. The Bertz CT molecular complexity index is 442. The van der Waals surface area contributed by atoms with Gasteiger partial charge < -0.3 is 9.84 Å². The molecule has 0 aromatic heterocycles. The molecule has 0 aliphatic carbocycles.